The van der Waals surface area contributed by atoms with Gasteiger partial charge < -0.3 is 19.7 Å². The number of hydrogen-bond donors (Lipinski definition) is 1. The molecule has 1 unspecified atom stereocenters. The van der Waals surface area contributed by atoms with Gasteiger partial charge in [-0.15, -0.1) is 24.0 Å². The van der Waals surface area contributed by atoms with Gasteiger partial charge >= 0.3 is 0 Å². The van der Waals surface area contributed by atoms with E-state index in [9.17, 15) is 0 Å². The Balaban J connectivity index is 0.00000240. The third-order valence-electron chi connectivity index (χ3n) is 5.81. The van der Waals surface area contributed by atoms with Crippen molar-refractivity contribution in [3.63, 3.8) is 0 Å². The molecule has 0 aromatic heterocycles. The fourth-order valence-corrected chi connectivity index (χ4v) is 4.21. The number of fused-ring (bicyclic) bond motifs is 1. The molecule has 2 fully saturated rings. The van der Waals surface area contributed by atoms with Gasteiger partial charge in [-0.25, -0.2) is 0 Å². The van der Waals surface area contributed by atoms with Gasteiger partial charge in [-0.1, -0.05) is 42.5 Å². The quantitative estimate of drug-likeness (QED) is 0.373. The van der Waals surface area contributed by atoms with Crippen LogP contribution in [0.1, 0.15) is 31.2 Å². The maximum absolute atomic E-state index is 6.09. The monoisotopic (exact) mass is 509 g/mol. The molecule has 4 rings (SSSR count). The molecule has 2 aliphatic rings. The average Bonchev–Trinajstić information content (AvgIpc) is 3.27. The van der Waals surface area contributed by atoms with Crippen molar-refractivity contribution in [2.45, 2.75) is 44.4 Å². The van der Waals surface area contributed by atoms with Crippen molar-refractivity contribution in [3.05, 3.63) is 48.0 Å². The Hall–Kier alpha value is -1.38. The average molecular weight is 509 g/mol. The molecule has 0 bridgehead atoms. The number of aliphatic imine (C=N–C) groups is 1. The number of rotatable bonds is 5. The SMILES string of the molecule is CN=C(NCc1cccc2ccccc12)N1CCC(OCC2CCCO2)CC1.I. The summed E-state index contributed by atoms with van der Waals surface area (Å²) in [5.41, 5.74) is 1.30. The number of benzene rings is 2. The molecule has 2 heterocycles. The predicted octanol–water partition coefficient (Wildman–Crippen LogP) is 4.19. The van der Waals surface area contributed by atoms with E-state index in [4.69, 9.17) is 9.47 Å². The van der Waals surface area contributed by atoms with E-state index in [0.29, 0.717) is 12.2 Å². The Morgan fingerprint density at radius 3 is 2.69 bits per heavy atom. The van der Waals surface area contributed by atoms with Gasteiger partial charge in [0.2, 0.25) is 0 Å². The van der Waals surface area contributed by atoms with Crippen molar-refractivity contribution < 1.29 is 9.47 Å². The number of piperidine rings is 1. The first-order valence-electron chi connectivity index (χ1n) is 10.5. The van der Waals surface area contributed by atoms with Crippen molar-refractivity contribution in [2.75, 3.05) is 33.4 Å². The van der Waals surface area contributed by atoms with Crippen molar-refractivity contribution in [3.8, 4) is 0 Å². The van der Waals surface area contributed by atoms with Crippen LogP contribution in [0.4, 0.5) is 0 Å². The van der Waals surface area contributed by atoms with E-state index in [1.54, 1.807) is 0 Å². The third-order valence-corrected chi connectivity index (χ3v) is 5.81. The van der Waals surface area contributed by atoms with Crippen LogP contribution in [0.3, 0.4) is 0 Å². The number of ether oxygens (including phenoxy) is 2. The molecule has 2 aliphatic heterocycles. The summed E-state index contributed by atoms with van der Waals surface area (Å²) in [6.07, 6.45) is 5.06. The lowest BCUT2D eigenvalue weighted by Gasteiger charge is -2.34. The molecule has 1 atom stereocenters. The van der Waals surface area contributed by atoms with Crippen molar-refractivity contribution in [1.29, 1.82) is 0 Å². The van der Waals surface area contributed by atoms with Crippen molar-refractivity contribution in [2.24, 2.45) is 4.99 Å². The molecule has 2 aromatic rings. The summed E-state index contributed by atoms with van der Waals surface area (Å²) in [5, 5.41) is 6.13. The minimum atomic E-state index is 0. The van der Waals surface area contributed by atoms with Crippen LogP contribution >= 0.6 is 24.0 Å². The summed E-state index contributed by atoms with van der Waals surface area (Å²) in [6.45, 7) is 4.38. The first-order valence-corrected chi connectivity index (χ1v) is 10.5. The smallest absolute Gasteiger partial charge is 0.193 e. The number of nitrogens with one attached hydrogen (secondary N) is 1. The summed E-state index contributed by atoms with van der Waals surface area (Å²) in [7, 11) is 1.87. The summed E-state index contributed by atoms with van der Waals surface area (Å²) < 4.78 is 11.8. The van der Waals surface area contributed by atoms with Gasteiger partial charge in [-0.2, -0.15) is 0 Å². The summed E-state index contributed by atoms with van der Waals surface area (Å²) in [6, 6.07) is 15.0. The Bertz CT molecular complexity index is 794. The number of hydrogen-bond acceptors (Lipinski definition) is 3. The zero-order chi connectivity index (χ0) is 19.2. The van der Waals surface area contributed by atoms with Gasteiger partial charge in [0.05, 0.1) is 18.8 Å². The Morgan fingerprint density at radius 1 is 1.14 bits per heavy atom. The van der Waals surface area contributed by atoms with Gasteiger partial charge in [-0.3, -0.25) is 4.99 Å². The Morgan fingerprint density at radius 2 is 1.93 bits per heavy atom. The molecule has 29 heavy (non-hydrogen) atoms. The lowest BCUT2D eigenvalue weighted by atomic mass is 10.0. The molecule has 0 aliphatic carbocycles. The zero-order valence-electron chi connectivity index (χ0n) is 17.2. The van der Waals surface area contributed by atoms with E-state index >= 15 is 0 Å². The number of likely N-dealkylation sites (tertiary alicyclic amines) is 1. The highest BCUT2D eigenvalue weighted by Gasteiger charge is 2.24. The lowest BCUT2D eigenvalue weighted by Crippen LogP contribution is -2.47. The lowest BCUT2D eigenvalue weighted by molar-refractivity contribution is -0.0367. The van der Waals surface area contributed by atoms with E-state index < -0.39 is 0 Å². The first kappa shape index (κ1) is 22.3. The van der Waals surface area contributed by atoms with E-state index in [1.165, 1.54) is 22.8 Å². The van der Waals surface area contributed by atoms with E-state index in [0.717, 1.165) is 58.1 Å². The molecular weight excluding hydrogens is 477 g/mol. The van der Waals surface area contributed by atoms with Crippen LogP contribution in [0.2, 0.25) is 0 Å². The molecule has 0 spiro atoms. The molecule has 2 aromatic carbocycles. The van der Waals surface area contributed by atoms with Gasteiger partial charge in [0.25, 0.3) is 0 Å². The summed E-state index contributed by atoms with van der Waals surface area (Å²) >= 11 is 0. The highest BCUT2D eigenvalue weighted by Crippen LogP contribution is 2.20. The second kappa shape index (κ2) is 11.1. The van der Waals surface area contributed by atoms with Gasteiger partial charge in [0.15, 0.2) is 5.96 Å². The molecule has 0 saturated carbocycles. The van der Waals surface area contributed by atoms with Crippen LogP contribution < -0.4 is 5.32 Å². The molecular formula is C23H32IN3O2. The molecule has 0 radical (unpaired) electrons. The number of nitrogens with zero attached hydrogens (tertiary/aromatic N) is 2. The van der Waals surface area contributed by atoms with Crippen LogP contribution in [-0.2, 0) is 16.0 Å². The molecule has 6 heteroatoms. The number of guanidine groups is 1. The standard InChI is InChI=1S/C23H31N3O2.HI/c1-24-23(25-16-19-8-4-7-18-6-2-3-10-22(18)19)26-13-11-20(12-14-26)28-17-21-9-5-15-27-21;/h2-4,6-8,10,20-21H,5,9,11-17H2,1H3,(H,24,25);1H. The highest BCUT2D eigenvalue weighted by atomic mass is 127. The molecule has 1 N–H and O–H groups in total. The molecule has 158 valence electrons. The Kier molecular flexibility index (Phi) is 8.56. The Labute approximate surface area is 190 Å². The molecule has 0 amide bonds. The minimum Gasteiger partial charge on any atom is -0.376 e. The normalized spacial score (nSPS) is 20.7. The maximum atomic E-state index is 6.09. The topological polar surface area (TPSA) is 46.1 Å². The van der Waals surface area contributed by atoms with Crippen LogP contribution in [-0.4, -0.2) is 56.4 Å². The van der Waals surface area contributed by atoms with E-state index in [-0.39, 0.29) is 24.0 Å². The number of halogens is 1. The van der Waals surface area contributed by atoms with Gasteiger partial charge in [0, 0.05) is 33.3 Å². The predicted molar refractivity (Wildman–Crippen MR) is 129 cm³/mol. The van der Waals surface area contributed by atoms with Gasteiger partial charge in [-0.05, 0) is 42.0 Å². The van der Waals surface area contributed by atoms with Crippen LogP contribution in [0.25, 0.3) is 10.8 Å². The molecule has 5 nitrogen and oxygen atoms in total. The third kappa shape index (κ3) is 5.83. The van der Waals surface area contributed by atoms with Crippen LogP contribution in [0, 0.1) is 0 Å². The maximum Gasteiger partial charge on any atom is 0.193 e. The second-order valence-corrected chi connectivity index (χ2v) is 7.69. The van der Waals surface area contributed by atoms with Gasteiger partial charge in [0.1, 0.15) is 0 Å². The van der Waals surface area contributed by atoms with E-state index in [1.807, 2.05) is 7.05 Å². The highest BCUT2D eigenvalue weighted by molar-refractivity contribution is 14.0. The minimum absolute atomic E-state index is 0. The second-order valence-electron chi connectivity index (χ2n) is 7.69. The first-order chi connectivity index (χ1) is 13.8. The van der Waals surface area contributed by atoms with Crippen molar-refractivity contribution in [1.82, 2.24) is 10.2 Å². The zero-order valence-corrected chi connectivity index (χ0v) is 19.5. The summed E-state index contributed by atoms with van der Waals surface area (Å²) in [5.74, 6) is 0.977. The fourth-order valence-electron chi connectivity index (χ4n) is 4.21. The van der Waals surface area contributed by atoms with Crippen molar-refractivity contribution >= 4 is 40.7 Å². The van der Waals surface area contributed by atoms with E-state index in [2.05, 4.69) is 57.7 Å². The largest absolute Gasteiger partial charge is 0.376 e. The van der Waals surface area contributed by atoms with Crippen LogP contribution in [0.5, 0.6) is 0 Å². The summed E-state index contributed by atoms with van der Waals surface area (Å²) in [4.78, 5) is 6.86. The molecule has 2 saturated heterocycles. The van der Waals surface area contributed by atoms with Crippen LogP contribution in [0.15, 0.2) is 47.5 Å². The fraction of sp³-hybridized carbons (Fsp3) is 0.522.